The number of methoxy groups -OCH3 is 1. The van der Waals surface area contributed by atoms with Gasteiger partial charge in [-0.25, -0.2) is 4.79 Å². The first-order valence-corrected chi connectivity index (χ1v) is 10.3. The number of ether oxygens (including phenoxy) is 4. The number of nitrogens with zero attached hydrogens (tertiary/aromatic N) is 2. The Bertz CT molecular complexity index is 889. The minimum absolute atomic E-state index is 0.0414. The lowest BCUT2D eigenvalue weighted by Gasteiger charge is -2.23. The molecule has 1 aromatic heterocycles. The van der Waals surface area contributed by atoms with E-state index in [-0.39, 0.29) is 11.8 Å². The summed E-state index contributed by atoms with van der Waals surface area (Å²) < 4.78 is 23.7. The van der Waals surface area contributed by atoms with E-state index in [9.17, 15) is 4.79 Å². The topological polar surface area (TPSA) is 71.8 Å². The third kappa shape index (κ3) is 4.86. The smallest absolute Gasteiger partial charge is 0.351 e. The van der Waals surface area contributed by atoms with Gasteiger partial charge < -0.3 is 18.9 Å². The second-order valence-electron chi connectivity index (χ2n) is 7.46. The van der Waals surface area contributed by atoms with Crippen molar-refractivity contribution in [3.63, 3.8) is 0 Å². The number of hydrogen-bond donors (Lipinski definition) is 0. The molecule has 1 saturated heterocycles. The molecule has 1 unspecified atom stereocenters. The lowest BCUT2D eigenvalue weighted by Crippen LogP contribution is -2.30. The Morgan fingerprint density at radius 3 is 3.00 bits per heavy atom. The van der Waals surface area contributed by atoms with Gasteiger partial charge in [-0.3, -0.25) is 4.57 Å². The van der Waals surface area contributed by atoms with Gasteiger partial charge in [0.2, 0.25) is 5.88 Å². The quantitative estimate of drug-likeness (QED) is 0.633. The van der Waals surface area contributed by atoms with Crippen molar-refractivity contribution >= 4 is 0 Å². The molecular formula is C22H28N2O5. The first-order chi connectivity index (χ1) is 14.2. The Balaban J connectivity index is 1.48. The summed E-state index contributed by atoms with van der Waals surface area (Å²) in [4.78, 5) is 16.6. The van der Waals surface area contributed by atoms with Crippen molar-refractivity contribution in [2.45, 2.75) is 38.3 Å². The van der Waals surface area contributed by atoms with Crippen molar-refractivity contribution in [2.75, 3.05) is 40.1 Å². The lowest BCUT2D eigenvalue weighted by atomic mass is 9.94. The van der Waals surface area contributed by atoms with Crippen LogP contribution in [0, 0.1) is 0 Å². The van der Waals surface area contributed by atoms with Gasteiger partial charge in [-0.05, 0) is 30.4 Å². The summed E-state index contributed by atoms with van der Waals surface area (Å²) in [6.07, 6.45) is 3.58. The second-order valence-corrected chi connectivity index (χ2v) is 7.46. The van der Waals surface area contributed by atoms with E-state index in [0.29, 0.717) is 45.3 Å². The molecule has 1 aromatic carbocycles. The van der Waals surface area contributed by atoms with Crippen molar-refractivity contribution in [2.24, 2.45) is 0 Å². The molecule has 29 heavy (non-hydrogen) atoms. The van der Waals surface area contributed by atoms with E-state index in [1.807, 2.05) is 6.07 Å². The summed E-state index contributed by atoms with van der Waals surface area (Å²) in [6.45, 7) is 3.70. The summed E-state index contributed by atoms with van der Waals surface area (Å²) >= 11 is 0. The monoisotopic (exact) mass is 400 g/mol. The van der Waals surface area contributed by atoms with Crippen LogP contribution in [0.1, 0.15) is 24.0 Å². The van der Waals surface area contributed by atoms with E-state index in [1.165, 1.54) is 11.1 Å². The average molecular weight is 400 g/mol. The molecule has 2 aromatic rings. The Kier molecular flexibility index (Phi) is 6.59. The fourth-order valence-electron chi connectivity index (χ4n) is 3.91. The number of benzene rings is 1. The van der Waals surface area contributed by atoms with Gasteiger partial charge in [-0.2, -0.15) is 4.98 Å². The fraction of sp³-hybridized carbons (Fsp3) is 0.545. The zero-order chi connectivity index (χ0) is 20.1. The Morgan fingerprint density at radius 2 is 2.17 bits per heavy atom. The largest absolute Gasteiger partial charge is 0.477 e. The van der Waals surface area contributed by atoms with E-state index in [0.717, 1.165) is 37.1 Å². The van der Waals surface area contributed by atoms with Crippen LogP contribution < -0.4 is 10.4 Å². The average Bonchev–Trinajstić information content (AvgIpc) is 2.74. The van der Waals surface area contributed by atoms with Crippen LogP contribution in [0.15, 0.2) is 29.1 Å². The number of hydrogen-bond acceptors (Lipinski definition) is 6. The molecule has 0 spiro atoms. The van der Waals surface area contributed by atoms with E-state index in [1.54, 1.807) is 11.7 Å². The highest BCUT2D eigenvalue weighted by Crippen LogP contribution is 2.30. The van der Waals surface area contributed by atoms with E-state index < -0.39 is 0 Å². The third-order valence-corrected chi connectivity index (χ3v) is 5.43. The maximum Gasteiger partial charge on any atom is 0.351 e. The Labute approximate surface area is 170 Å². The van der Waals surface area contributed by atoms with Crippen LogP contribution >= 0.6 is 0 Å². The standard InChI is InChI=1S/C22H28N2O5/c1-26-9-2-3-16-4-5-19-17(13-16)6-8-24-20(19)14-21(23-22(24)25)29-10-7-18-15-27-11-12-28-18/h4-5,13-14,18H,2-3,6-12,15H2,1H3. The number of aryl methyl sites for hydroxylation is 2. The van der Waals surface area contributed by atoms with Crippen molar-refractivity contribution in [3.05, 3.63) is 45.9 Å². The maximum atomic E-state index is 12.5. The number of fused-ring (bicyclic) bond motifs is 3. The van der Waals surface area contributed by atoms with Crippen LogP contribution in [0.2, 0.25) is 0 Å². The van der Waals surface area contributed by atoms with Crippen molar-refractivity contribution < 1.29 is 18.9 Å². The molecule has 7 heteroatoms. The first-order valence-electron chi connectivity index (χ1n) is 10.3. The SMILES string of the molecule is COCCCc1ccc2c(c1)CCn1c-2cc(OCCC2COCCO2)nc1=O. The molecule has 0 radical (unpaired) electrons. The highest BCUT2D eigenvalue weighted by molar-refractivity contribution is 5.67. The summed E-state index contributed by atoms with van der Waals surface area (Å²) in [7, 11) is 1.73. The summed E-state index contributed by atoms with van der Waals surface area (Å²) in [5.41, 5.74) is 4.27. The normalized spacial score (nSPS) is 18.2. The molecule has 3 heterocycles. The number of aromatic nitrogens is 2. The highest BCUT2D eigenvalue weighted by atomic mass is 16.6. The van der Waals surface area contributed by atoms with Crippen molar-refractivity contribution in [1.82, 2.24) is 9.55 Å². The van der Waals surface area contributed by atoms with Gasteiger partial charge in [0, 0.05) is 38.3 Å². The minimum Gasteiger partial charge on any atom is -0.477 e. The highest BCUT2D eigenvalue weighted by Gasteiger charge is 2.20. The molecule has 2 aliphatic heterocycles. The molecule has 0 saturated carbocycles. The van der Waals surface area contributed by atoms with Crippen LogP contribution in [0.3, 0.4) is 0 Å². The van der Waals surface area contributed by atoms with Gasteiger partial charge in [0.05, 0.1) is 38.2 Å². The molecule has 156 valence electrons. The molecule has 0 N–H and O–H groups in total. The Hall–Kier alpha value is -2.22. The molecule has 0 aliphatic carbocycles. The zero-order valence-corrected chi connectivity index (χ0v) is 16.9. The third-order valence-electron chi connectivity index (χ3n) is 5.43. The Morgan fingerprint density at radius 1 is 1.24 bits per heavy atom. The van der Waals surface area contributed by atoms with Crippen LogP contribution in [0.4, 0.5) is 0 Å². The van der Waals surface area contributed by atoms with E-state index in [2.05, 4.69) is 23.2 Å². The molecule has 1 fully saturated rings. The van der Waals surface area contributed by atoms with Gasteiger partial charge in [0.25, 0.3) is 0 Å². The summed E-state index contributed by atoms with van der Waals surface area (Å²) in [6, 6.07) is 8.37. The molecular weight excluding hydrogens is 372 g/mol. The van der Waals surface area contributed by atoms with Gasteiger partial charge in [0.15, 0.2) is 0 Å². The molecule has 1 atom stereocenters. The van der Waals surface area contributed by atoms with E-state index >= 15 is 0 Å². The van der Waals surface area contributed by atoms with Gasteiger partial charge in [-0.1, -0.05) is 18.2 Å². The lowest BCUT2D eigenvalue weighted by molar-refractivity contribution is -0.0936. The fourth-order valence-corrected chi connectivity index (χ4v) is 3.91. The minimum atomic E-state index is -0.260. The first kappa shape index (κ1) is 20.1. The maximum absolute atomic E-state index is 12.5. The van der Waals surface area contributed by atoms with Crippen molar-refractivity contribution in [3.8, 4) is 17.1 Å². The molecule has 7 nitrogen and oxygen atoms in total. The predicted molar refractivity (Wildman–Crippen MR) is 109 cm³/mol. The van der Waals surface area contributed by atoms with Crippen LogP contribution in [0.5, 0.6) is 5.88 Å². The van der Waals surface area contributed by atoms with Crippen LogP contribution in [-0.4, -0.2) is 55.8 Å². The van der Waals surface area contributed by atoms with Gasteiger partial charge in [-0.15, -0.1) is 0 Å². The molecule has 2 aliphatic rings. The zero-order valence-electron chi connectivity index (χ0n) is 16.9. The number of rotatable bonds is 8. The summed E-state index contributed by atoms with van der Waals surface area (Å²) in [5.74, 6) is 0.370. The second kappa shape index (κ2) is 9.52. The molecule has 0 amide bonds. The van der Waals surface area contributed by atoms with Crippen LogP contribution in [0.25, 0.3) is 11.3 Å². The van der Waals surface area contributed by atoms with Crippen LogP contribution in [-0.2, 0) is 33.6 Å². The van der Waals surface area contributed by atoms with Gasteiger partial charge >= 0.3 is 5.69 Å². The van der Waals surface area contributed by atoms with Crippen molar-refractivity contribution in [1.29, 1.82) is 0 Å². The van der Waals surface area contributed by atoms with Gasteiger partial charge in [0.1, 0.15) is 0 Å². The van der Waals surface area contributed by atoms with E-state index in [4.69, 9.17) is 18.9 Å². The molecule has 0 bridgehead atoms. The summed E-state index contributed by atoms with van der Waals surface area (Å²) in [5, 5.41) is 0. The predicted octanol–water partition coefficient (Wildman–Crippen LogP) is 2.23. The molecule has 4 rings (SSSR count).